The summed E-state index contributed by atoms with van der Waals surface area (Å²) in [5, 5.41) is 3.00. The first-order chi connectivity index (χ1) is 17.4. The van der Waals surface area contributed by atoms with E-state index in [0.29, 0.717) is 36.0 Å². The Hall–Kier alpha value is -3.26. The molecule has 2 aromatic rings. The van der Waals surface area contributed by atoms with Crippen molar-refractivity contribution in [2.24, 2.45) is 11.8 Å². The molecule has 0 radical (unpaired) electrons. The first-order valence-electron chi connectivity index (χ1n) is 12.6. The zero-order chi connectivity index (χ0) is 25.7. The standard InChI is InChI=1S/C28H37N3O5/c1-19-9-11-30(12-10-19)17-21-7-5-20(6-8-21)16-29-28(33)22-13-26(32)31(18-22)23-14-24(34-2)27(36-4)25(15-23)35-3/h5-8,14-15,19,22H,9-13,16-18H2,1-4H3,(H,29,33). The Kier molecular flexibility index (Phi) is 8.36. The molecule has 1 N–H and O–H groups in total. The molecule has 1 atom stereocenters. The SMILES string of the molecule is COc1cc(N2CC(C(=O)NCc3ccc(CN4CCC(C)CC4)cc3)CC2=O)cc(OC)c1OC. The number of hydrogen-bond donors (Lipinski definition) is 1. The Morgan fingerprint density at radius 2 is 1.58 bits per heavy atom. The molecule has 194 valence electrons. The number of nitrogens with one attached hydrogen (secondary N) is 1. The van der Waals surface area contributed by atoms with Crippen LogP contribution in [0.3, 0.4) is 0 Å². The molecule has 0 saturated carbocycles. The number of methoxy groups -OCH3 is 3. The number of ether oxygens (including phenoxy) is 3. The molecule has 0 spiro atoms. The Balaban J connectivity index is 1.32. The van der Waals surface area contributed by atoms with Crippen molar-refractivity contribution in [2.45, 2.75) is 39.3 Å². The van der Waals surface area contributed by atoms with Crippen molar-refractivity contribution in [3.63, 3.8) is 0 Å². The minimum Gasteiger partial charge on any atom is -0.493 e. The number of rotatable bonds is 9. The molecule has 2 fully saturated rings. The van der Waals surface area contributed by atoms with Gasteiger partial charge in [0.25, 0.3) is 0 Å². The molecule has 4 rings (SSSR count). The molecule has 2 heterocycles. The number of likely N-dealkylation sites (tertiary alicyclic amines) is 1. The molecule has 0 aliphatic carbocycles. The largest absolute Gasteiger partial charge is 0.493 e. The lowest BCUT2D eigenvalue weighted by molar-refractivity contribution is -0.126. The van der Waals surface area contributed by atoms with Gasteiger partial charge >= 0.3 is 0 Å². The van der Waals surface area contributed by atoms with Crippen LogP contribution in [0.2, 0.25) is 0 Å². The number of anilines is 1. The number of carbonyl (C=O) groups excluding carboxylic acids is 2. The summed E-state index contributed by atoms with van der Waals surface area (Å²) >= 11 is 0. The third kappa shape index (κ3) is 5.93. The normalized spacial score (nSPS) is 18.8. The highest BCUT2D eigenvalue weighted by atomic mass is 16.5. The van der Waals surface area contributed by atoms with E-state index in [2.05, 4.69) is 41.4 Å². The Bertz CT molecular complexity index is 1040. The number of benzene rings is 2. The first kappa shape index (κ1) is 25.8. The van der Waals surface area contributed by atoms with Crippen LogP contribution in [0.4, 0.5) is 5.69 Å². The zero-order valence-electron chi connectivity index (χ0n) is 21.7. The molecule has 2 saturated heterocycles. The second-order valence-electron chi connectivity index (χ2n) is 9.78. The average Bonchev–Trinajstić information content (AvgIpc) is 3.30. The molecule has 2 aliphatic rings. The number of amides is 2. The topological polar surface area (TPSA) is 80.3 Å². The minimum atomic E-state index is -0.419. The van der Waals surface area contributed by atoms with Gasteiger partial charge in [0, 0.05) is 38.2 Å². The van der Waals surface area contributed by atoms with Gasteiger partial charge in [0.05, 0.1) is 32.9 Å². The van der Waals surface area contributed by atoms with E-state index in [1.54, 1.807) is 17.0 Å². The van der Waals surface area contributed by atoms with E-state index in [1.807, 2.05) is 0 Å². The highest BCUT2D eigenvalue weighted by Crippen LogP contribution is 2.42. The van der Waals surface area contributed by atoms with Gasteiger partial charge in [-0.1, -0.05) is 31.2 Å². The van der Waals surface area contributed by atoms with E-state index >= 15 is 0 Å². The second-order valence-corrected chi connectivity index (χ2v) is 9.78. The van der Waals surface area contributed by atoms with Crippen LogP contribution in [0.1, 0.15) is 37.3 Å². The third-order valence-corrected chi connectivity index (χ3v) is 7.23. The van der Waals surface area contributed by atoms with Gasteiger partial charge in [-0.2, -0.15) is 0 Å². The van der Waals surface area contributed by atoms with E-state index in [4.69, 9.17) is 14.2 Å². The van der Waals surface area contributed by atoms with Crippen molar-refractivity contribution >= 4 is 17.5 Å². The van der Waals surface area contributed by atoms with E-state index in [1.165, 1.54) is 39.7 Å². The van der Waals surface area contributed by atoms with Crippen LogP contribution in [-0.4, -0.2) is 57.7 Å². The van der Waals surface area contributed by atoms with Gasteiger partial charge in [-0.25, -0.2) is 0 Å². The highest BCUT2D eigenvalue weighted by molar-refractivity contribution is 6.00. The van der Waals surface area contributed by atoms with E-state index < -0.39 is 5.92 Å². The summed E-state index contributed by atoms with van der Waals surface area (Å²) in [6, 6.07) is 11.9. The molecular weight excluding hydrogens is 458 g/mol. The first-order valence-corrected chi connectivity index (χ1v) is 12.6. The van der Waals surface area contributed by atoms with Crippen LogP contribution in [0.25, 0.3) is 0 Å². The van der Waals surface area contributed by atoms with Crippen molar-refractivity contribution < 1.29 is 23.8 Å². The lowest BCUT2D eigenvalue weighted by atomic mass is 9.99. The number of piperidine rings is 1. The second kappa shape index (κ2) is 11.6. The highest BCUT2D eigenvalue weighted by Gasteiger charge is 2.36. The molecule has 2 aromatic carbocycles. The van der Waals surface area contributed by atoms with Crippen LogP contribution in [-0.2, 0) is 22.7 Å². The van der Waals surface area contributed by atoms with E-state index in [0.717, 1.165) is 31.1 Å². The molecule has 8 heteroatoms. The quantitative estimate of drug-likeness (QED) is 0.573. The van der Waals surface area contributed by atoms with Gasteiger partial charge in [-0.15, -0.1) is 0 Å². The number of nitrogens with zero attached hydrogens (tertiary/aromatic N) is 2. The van der Waals surface area contributed by atoms with Crippen LogP contribution in [0.15, 0.2) is 36.4 Å². The van der Waals surface area contributed by atoms with Gasteiger partial charge in [-0.05, 0) is 43.0 Å². The van der Waals surface area contributed by atoms with Crippen LogP contribution < -0.4 is 24.4 Å². The van der Waals surface area contributed by atoms with E-state index in [9.17, 15) is 9.59 Å². The maximum atomic E-state index is 12.9. The smallest absolute Gasteiger partial charge is 0.227 e. The molecule has 2 aliphatic heterocycles. The Morgan fingerprint density at radius 3 is 2.17 bits per heavy atom. The fraction of sp³-hybridized carbons (Fsp3) is 0.500. The van der Waals surface area contributed by atoms with Gasteiger partial charge in [0.15, 0.2) is 11.5 Å². The molecule has 36 heavy (non-hydrogen) atoms. The molecule has 0 bridgehead atoms. The monoisotopic (exact) mass is 495 g/mol. The maximum absolute atomic E-state index is 12.9. The van der Waals surface area contributed by atoms with E-state index in [-0.39, 0.29) is 18.2 Å². The molecule has 2 amide bonds. The molecule has 0 aromatic heterocycles. The van der Waals surface area contributed by atoms with Crippen molar-refractivity contribution in [1.82, 2.24) is 10.2 Å². The molecule has 1 unspecified atom stereocenters. The lowest BCUT2D eigenvalue weighted by Crippen LogP contribution is -2.33. The van der Waals surface area contributed by atoms with Crippen molar-refractivity contribution in [3.05, 3.63) is 47.5 Å². The minimum absolute atomic E-state index is 0.110. The fourth-order valence-corrected chi connectivity index (χ4v) is 4.93. The summed E-state index contributed by atoms with van der Waals surface area (Å²) in [6.07, 6.45) is 2.70. The number of carbonyl (C=O) groups is 2. The van der Waals surface area contributed by atoms with Gasteiger partial charge in [0.2, 0.25) is 17.6 Å². The van der Waals surface area contributed by atoms with Crippen LogP contribution in [0, 0.1) is 11.8 Å². The van der Waals surface area contributed by atoms with Gasteiger partial charge in [0.1, 0.15) is 0 Å². The lowest BCUT2D eigenvalue weighted by Gasteiger charge is -2.30. The summed E-state index contributed by atoms with van der Waals surface area (Å²) in [7, 11) is 4.59. The summed E-state index contributed by atoms with van der Waals surface area (Å²) < 4.78 is 16.2. The van der Waals surface area contributed by atoms with Gasteiger partial charge in [-0.3, -0.25) is 14.5 Å². The summed E-state index contributed by atoms with van der Waals surface area (Å²) in [4.78, 5) is 29.8. The Labute approximate surface area is 213 Å². The third-order valence-electron chi connectivity index (χ3n) is 7.23. The summed E-state index contributed by atoms with van der Waals surface area (Å²) in [6.45, 7) is 6.36. The van der Waals surface area contributed by atoms with Crippen molar-refractivity contribution in [1.29, 1.82) is 0 Å². The average molecular weight is 496 g/mol. The summed E-state index contributed by atoms with van der Waals surface area (Å²) in [5.74, 6) is 1.57. The Morgan fingerprint density at radius 1 is 0.972 bits per heavy atom. The zero-order valence-corrected chi connectivity index (χ0v) is 21.7. The predicted octanol–water partition coefficient (Wildman–Crippen LogP) is 3.61. The predicted molar refractivity (Wildman–Crippen MR) is 139 cm³/mol. The molecule has 8 nitrogen and oxygen atoms in total. The summed E-state index contributed by atoms with van der Waals surface area (Å²) in [5.41, 5.74) is 2.95. The molecular formula is C28H37N3O5. The van der Waals surface area contributed by atoms with Crippen molar-refractivity contribution in [3.8, 4) is 17.2 Å². The number of hydrogen-bond acceptors (Lipinski definition) is 6. The van der Waals surface area contributed by atoms with Crippen LogP contribution >= 0.6 is 0 Å². The van der Waals surface area contributed by atoms with Crippen molar-refractivity contribution in [2.75, 3.05) is 45.9 Å². The van der Waals surface area contributed by atoms with Crippen LogP contribution in [0.5, 0.6) is 17.2 Å². The van der Waals surface area contributed by atoms with Gasteiger partial charge < -0.3 is 24.4 Å². The fourth-order valence-electron chi connectivity index (χ4n) is 4.93. The maximum Gasteiger partial charge on any atom is 0.227 e.